The second-order valence-corrected chi connectivity index (χ2v) is 7.62. The number of para-hydroxylation sites is 1. The van der Waals surface area contributed by atoms with E-state index < -0.39 is 0 Å². The molecule has 4 rings (SSSR count). The molecule has 1 aliphatic rings. The minimum atomic E-state index is -0.0591. The van der Waals surface area contributed by atoms with Gasteiger partial charge in [0.25, 0.3) is 5.91 Å². The lowest BCUT2D eigenvalue weighted by atomic mass is 10.3. The zero-order valence-electron chi connectivity index (χ0n) is 16.2. The number of carbonyl (C=O) groups excluding carboxylic acids is 1. The molecule has 0 unspecified atom stereocenters. The number of amides is 1. The van der Waals surface area contributed by atoms with Crippen molar-refractivity contribution in [1.82, 2.24) is 9.88 Å². The highest BCUT2D eigenvalue weighted by atomic mass is 32.1. The second kappa shape index (κ2) is 9.29. The molecule has 1 fully saturated rings. The van der Waals surface area contributed by atoms with Gasteiger partial charge in [-0.1, -0.05) is 24.3 Å². The molecule has 30 heavy (non-hydrogen) atoms. The molecule has 0 atom stereocenters. The van der Waals surface area contributed by atoms with Crippen LogP contribution >= 0.6 is 11.3 Å². The molecule has 0 bridgehead atoms. The fraction of sp³-hybridized carbons (Fsp3) is 0.227. The summed E-state index contributed by atoms with van der Waals surface area (Å²) in [6.07, 6.45) is 3.67. The number of hydrogen-bond acceptors (Lipinski definition) is 7. The van der Waals surface area contributed by atoms with Gasteiger partial charge in [-0.05, 0) is 29.7 Å². The van der Waals surface area contributed by atoms with E-state index in [1.165, 1.54) is 0 Å². The first kappa shape index (κ1) is 19.7. The average Bonchev–Trinajstić information content (AvgIpc) is 3.46. The molecule has 3 heterocycles. The van der Waals surface area contributed by atoms with E-state index >= 15 is 0 Å². The van der Waals surface area contributed by atoms with Crippen molar-refractivity contribution in [3.63, 3.8) is 0 Å². The van der Waals surface area contributed by atoms with Crippen LogP contribution in [-0.4, -0.2) is 48.6 Å². The summed E-state index contributed by atoms with van der Waals surface area (Å²) in [7, 11) is 0. The van der Waals surface area contributed by atoms with E-state index in [0.717, 1.165) is 4.88 Å². The Morgan fingerprint density at radius 1 is 1.17 bits per heavy atom. The average molecular weight is 420 g/mol. The number of nitriles is 1. The van der Waals surface area contributed by atoms with Gasteiger partial charge in [0.15, 0.2) is 6.61 Å². The van der Waals surface area contributed by atoms with E-state index in [0.29, 0.717) is 43.7 Å². The van der Waals surface area contributed by atoms with Crippen molar-refractivity contribution >= 4 is 35.3 Å². The van der Waals surface area contributed by atoms with E-state index in [4.69, 9.17) is 9.15 Å². The van der Waals surface area contributed by atoms with Crippen LogP contribution < -0.4 is 9.64 Å². The van der Waals surface area contributed by atoms with Crippen LogP contribution in [0.1, 0.15) is 16.5 Å². The lowest BCUT2D eigenvalue weighted by Crippen LogP contribution is -2.50. The summed E-state index contributed by atoms with van der Waals surface area (Å²) in [5, 5.41) is 11.4. The number of thiophene rings is 1. The van der Waals surface area contributed by atoms with Crippen molar-refractivity contribution < 1.29 is 13.9 Å². The Morgan fingerprint density at radius 2 is 1.97 bits per heavy atom. The second-order valence-electron chi connectivity index (χ2n) is 6.64. The van der Waals surface area contributed by atoms with Gasteiger partial charge < -0.3 is 19.0 Å². The van der Waals surface area contributed by atoms with E-state index in [1.54, 1.807) is 22.3 Å². The van der Waals surface area contributed by atoms with Crippen LogP contribution in [0.15, 0.2) is 52.3 Å². The van der Waals surface area contributed by atoms with Crippen molar-refractivity contribution in [3.05, 3.63) is 64.3 Å². The van der Waals surface area contributed by atoms with Gasteiger partial charge in [-0.25, -0.2) is 0 Å². The number of piperazine rings is 1. The minimum Gasteiger partial charge on any atom is -0.484 e. The monoisotopic (exact) mass is 420 g/mol. The third kappa shape index (κ3) is 4.70. The van der Waals surface area contributed by atoms with Crippen LogP contribution in [-0.2, 0) is 4.79 Å². The first-order valence-electron chi connectivity index (χ1n) is 9.56. The third-order valence-electron chi connectivity index (χ3n) is 4.69. The van der Waals surface area contributed by atoms with Gasteiger partial charge >= 0.3 is 0 Å². The Kier molecular flexibility index (Phi) is 6.11. The molecule has 7 nitrogen and oxygen atoms in total. The number of ether oxygens (including phenoxy) is 1. The Morgan fingerprint density at radius 3 is 2.67 bits per heavy atom. The molecule has 0 spiro atoms. The number of rotatable bonds is 6. The minimum absolute atomic E-state index is 0.00737. The van der Waals surface area contributed by atoms with Gasteiger partial charge in [-0.15, -0.1) is 11.3 Å². The van der Waals surface area contributed by atoms with Gasteiger partial charge in [0.2, 0.25) is 17.5 Å². The largest absolute Gasteiger partial charge is 0.484 e. The maximum atomic E-state index is 12.4. The van der Waals surface area contributed by atoms with Crippen molar-refractivity contribution in [2.24, 2.45) is 0 Å². The summed E-state index contributed by atoms with van der Waals surface area (Å²) in [5.74, 6) is 1.46. The van der Waals surface area contributed by atoms with Gasteiger partial charge in [-0.2, -0.15) is 10.2 Å². The normalized spacial score (nSPS) is 14.1. The smallest absolute Gasteiger partial charge is 0.260 e. The predicted octanol–water partition coefficient (Wildman–Crippen LogP) is 3.51. The molecule has 2 aromatic heterocycles. The van der Waals surface area contributed by atoms with Crippen LogP contribution in [0, 0.1) is 11.3 Å². The molecule has 152 valence electrons. The van der Waals surface area contributed by atoms with Gasteiger partial charge in [0, 0.05) is 37.1 Å². The molecule has 8 heteroatoms. The summed E-state index contributed by atoms with van der Waals surface area (Å²) in [6.45, 7) is 2.20. The van der Waals surface area contributed by atoms with Gasteiger partial charge in [0.05, 0.1) is 0 Å². The highest BCUT2D eigenvalue weighted by Crippen LogP contribution is 2.24. The number of oxazole rings is 1. The maximum absolute atomic E-state index is 12.4. The number of benzene rings is 1. The van der Waals surface area contributed by atoms with Gasteiger partial charge in [-0.3, -0.25) is 4.79 Å². The summed E-state index contributed by atoms with van der Waals surface area (Å²) >= 11 is 1.61. The molecular weight excluding hydrogens is 400 g/mol. The number of nitrogens with zero attached hydrogens (tertiary/aromatic N) is 4. The van der Waals surface area contributed by atoms with E-state index in [2.05, 4.69) is 11.1 Å². The van der Waals surface area contributed by atoms with Crippen LogP contribution in [0.2, 0.25) is 0 Å². The van der Waals surface area contributed by atoms with E-state index in [-0.39, 0.29) is 18.2 Å². The number of anilines is 1. The highest BCUT2D eigenvalue weighted by molar-refractivity contribution is 7.10. The first-order valence-corrected chi connectivity index (χ1v) is 10.4. The van der Waals surface area contributed by atoms with Crippen molar-refractivity contribution in [3.8, 4) is 11.8 Å². The molecule has 0 saturated carbocycles. The molecule has 1 saturated heterocycles. The van der Waals surface area contributed by atoms with E-state index in [1.807, 2.05) is 58.8 Å². The maximum Gasteiger partial charge on any atom is 0.260 e. The zero-order chi connectivity index (χ0) is 20.8. The quantitative estimate of drug-likeness (QED) is 0.607. The number of hydrogen-bond donors (Lipinski definition) is 0. The molecule has 1 aliphatic heterocycles. The fourth-order valence-corrected chi connectivity index (χ4v) is 3.76. The lowest BCUT2D eigenvalue weighted by Gasteiger charge is -2.34. The molecule has 1 aromatic carbocycles. The predicted molar refractivity (Wildman–Crippen MR) is 115 cm³/mol. The SMILES string of the molecule is N#Cc1nc(/C=C/c2cccs2)oc1N1CCN(C(=O)COc2ccccc2)CC1. The van der Waals surface area contributed by atoms with Crippen LogP contribution in [0.5, 0.6) is 5.75 Å². The summed E-state index contributed by atoms with van der Waals surface area (Å²) in [6, 6.07) is 15.3. The highest BCUT2D eigenvalue weighted by Gasteiger charge is 2.26. The zero-order valence-corrected chi connectivity index (χ0v) is 17.0. The van der Waals surface area contributed by atoms with Gasteiger partial charge in [0.1, 0.15) is 11.8 Å². The third-order valence-corrected chi connectivity index (χ3v) is 5.53. The van der Waals surface area contributed by atoms with Crippen molar-refractivity contribution in [2.45, 2.75) is 0 Å². The topological polar surface area (TPSA) is 82.6 Å². The number of aromatic nitrogens is 1. The summed E-state index contributed by atoms with van der Waals surface area (Å²) < 4.78 is 11.4. The van der Waals surface area contributed by atoms with Crippen molar-refractivity contribution in [2.75, 3.05) is 37.7 Å². The molecule has 1 amide bonds. The Hall–Kier alpha value is -3.57. The molecule has 0 aliphatic carbocycles. The Balaban J connectivity index is 1.34. The molecule has 0 N–H and O–H groups in total. The fourth-order valence-electron chi connectivity index (χ4n) is 3.14. The number of carbonyl (C=O) groups is 1. The first-order chi connectivity index (χ1) is 14.7. The van der Waals surface area contributed by atoms with Crippen LogP contribution in [0.25, 0.3) is 12.2 Å². The summed E-state index contributed by atoms with van der Waals surface area (Å²) in [5.41, 5.74) is 0.257. The molecule has 3 aromatic rings. The molecular formula is C22H20N4O3S. The lowest BCUT2D eigenvalue weighted by molar-refractivity contribution is -0.133. The Bertz CT molecular complexity index is 1050. The standard InChI is InChI=1S/C22H20N4O3S/c23-15-19-22(29-20(24-19)9-8-18-7-4-14-30-18)26-12-10-25(11-13-26)21(27)16-28-17-5-2-1-3-6-17/h1-9,14H,10-13,16H2/b9-8+. The summed E-state index contributed by atoms with van der Waals surface area (Å²) in [4.78, 5) is 21.5. The van der Waals surface area contributed by atoms with Crippen molar-refractivity contribution in [1.29, 1.82) is 5.26 Å². The molecule has 0 radical (unpaired) electrons. The van der Waals surface area contributed by atoms with Crippen LogP contribution in [0.3, 0.4) is 0 Å². The Labute approximate surface area is 178 Å². The van der Waals surface area contributed by atoms with Crippen LogP contribution in [0.4, 0.5) is 5.88 Å². The van der Waals surface area contributed by atoms with E-state index in [9.17, 15) is 10.1 Å².